The molecule has 0 saturated carbocycles. The molecule has 0 aromatic heterocycles. The predicted octanol–water partition coefficient (Wildman–Crippen LogP) is 3.05. The summed E-state index contributed by atoms with van der Waals surface area (Å²) in [6.07, 6.45) is 8.44. The second-order valence-electron chi connectivity index (χ2n) is 3.26. The van der Waals surface area contributed by atoms with Crippen molar-refractivity contribution in [3.8, 4) is 0 Å². The Morgan fingerprint density at radius 2 is 2.27 bits per heavy atom. The molecule has 0 aliphatic heterocycles. The summed E-state index contributed by atoms with van der Waals surface area (Å²) in [7, 11) is 0. The maximum atomic E-state index is 9.40. The van der Waals surface area contributed by atoms with Crippen LogP contribution in [0.4, 0.5) is 0 Å². The van der Waals surface area contributed by atoms with Crippen molar-refractivity contribution >= 4 is 0 Å². The summed E-state index contributed by atoms with van der Waals surface area (Å²) in [5.74, 6) is 1.41. The lowest BCUT2D eigenvalue weighted by atomic mass is 9.88. The minimum atomic E-state index is 0.372. The van der Waals surface area contributed by atoms with Gasteiger partial charge in [-0.1, -0.05) is 19.1 Å². The molecule has 2 atom stereocenters. The van der Waals surface area contributed by atoms with Crippen LogP contribution in [0.15, 0.2) is 24.0 Å². The highest BCUT2D eigenvalue weighted by Crippen LogP contribution is 2.26. The van der Waals surface area contributed by atoms with Crippen molar-refractivity contribution < 1.29 is 5.11 Å². The maximum absolute atomic E-state index is 9.40. The molecule has 1 heteroatoms. The van der Waals surface area contributed by atoms with Crippen LogP contribution in [-0.2, 0) is 0 Å². The van der Waals surface area contributed by atoms with Gasteiger partial charge in [-0.2, -0.15) is 0 Å². The van der Waals surface area contributed by atoms with Crippen LogP contribution in [0.5, 0.6) is 0 Å². The Bertz CT molecular complexity index is 179. The molecule has 0 saturated heterocycles. The Labute approximate surface area is 68.4 Å². The van der Waals surface area contributed by atoms with Crippen LogP contribution in [0, 0.1) is 11.8 Å². The second-order valence-corrected chi connectivity index (χ2v) is 3.26. The highest BCUT2D eigenvalue weighted by molar-refractivity contribution is 5.09. The molecule has 1 rings (SSSR count). The minimum absolute atomic E-state index is 0.372. The normalized spacial score (nSPS) is 32.4. The summed E-state index contributed by atoms with van der Waals surface area (Å²) in [6.45, 7) is 4.08. The van der Waals surface area contributed by atoms with E-state index in [1.807, 2.05) is 19.1 Å². The Morgan fingerprint density at radius 3 is 2.82 bits per heavy atom. The van der Waals surface area contributed by atoms with Crippen molar-refractivity contribution in [3.63, 3.8) is 0 Å². The number of hydrogen-bond donors (Lipinski definition) is 1. The van der Waals surface area contributed by atoms with Gasteiger partial charge in [-0.05, 0) is 31.8 Å². The van der Waals surface area contributed by atoms with Crippen molar-refractivity contribution in [1.29, 1.82) is 0 Å². The molecule has 0 aromatic carbocycles. The van der Waals surface area contributed by atoms with Gasteiger partial charge in [-0.25, -0.2) is 0 Å². The highest BCUT2D eigenvalue weighted by Gasteiger charge is 2.16. The fourth-order valence-electron chi connectivity index (χ4n) is 1.46. The average Bonchev–Trinajstić information content (AvgIpc) is 1.98. The highest BCUT2D eigenvalue weighted by atomic mass is 16.3. The van der Waals surface area contributed by atoms with Gasteiger partial charge >= 0.3 is 0 Å². The molecule has 0 amide bonds. The number of rotatable bonds is 1. The Morgan fingerprint density at radius 1 is 1.55 bits per heavy atom. The smallest absolute Gasteiger partial charge is 0.0916 e. The monoisotopic (exact) mass is 152 g/mol. The lowest BCUT2D eigenvalue weighted by Crippen LogP contribution is -2.09. The third-order valence-electron chi connectivity index (χ3n) is 2.26. The molecule has 0 spiro atoms. The van der Waals surface area contributed by atoms with E-state index in [0.29, 0.717) is 17.6 Å². The Balaban J connectivity index is 2.61. The number of aliphatic hydroxyl groups excluding tert-OH is 1. The lowest BCUT2D eigenvalue weighted by Gasteiger charge is -2.20. The van der Waals surface area contributed by atoms with Crippen molar-refractivity contribution in [2.24, 2.45) is 11.8 Å². The molecule has 0 fully saturated rings. The standard InChI is InChI=1S/C10H16O/c1-3-4-9-6-5-8(2)10(11)7-9/h3-4,7-9,11H,5-6H2,1-2H3/t8?,9-/m0/s1. The van der Waals surface area contributed by atoms with Gasteiger partial charge < -0.3 is 5.11 Å². The first kappa shape index (κ1) is 8.38. The fourth-order valence-corrected chi connectivity index (χ4v) is 1.46. The van der Waals surface area contributed by atoms with Crippen LogP contribution in [0.3, 0.4) is 0 Å². The summed E-state index contributed by atoms with van der Waals surface area (Å²) in [5.41, 5.74) is 0. The summed E-state index contributed by atoms with van der Waals surface area (Å²) in [4.78, 5) is 0. The number of aliphatic hydroxyl groups is 1. The zero-order chi connectivity index (χ0) is 8.27. The topological polar surface area (TPSA) is 20.2 Å². The molecule has 1 nitrogen and oxygen atoms in total. The van der Waals surface area contributed by atoms with E-state index < -0.39 is 0 Å². The van der Waals surface area contributed by atoms with Gasteiger partial charge in [0.05, 0.1) is 5.76 Å². The largest absolute Gasteiger partial charge is 0.512 e. The van der Waals surface area contributed by atoms with Crippen molar-refractivity contribution in [2.45, 2.75) is 26.7 Å². The number of allylic oxidation sites excluding steroid dienone is 4. The van der Waals surface area contributed by atoms with E-state index in [-0.39, 0.29) is 0 Å². The second kappa shape index (κ2) is 3.61. The average molecular weight is 152 g/mol. The zero-order valence-electron chi connectivity index (χ0n) is 7.25. The SMILES string of the molecule is CC=C[C@@H]1C=C(O)C(C)CC1. The first-order chi connectivity index (χ1) is 5.24. The molecule has 1 aliphatic carbocycles. The van der Waals surface area contributed by atoms with Gasteiger partial charge in [-0.15, -0.1) is 0 Å². The predicted molar refractivity (Wildman–Crippen MR) is 47.4 cm³/mol. The van der Waals surface area contributed by atoms with E-state index in [1.54, 1.807) is 0 Å². The molecule has 0 heterocycles. The first-order valence-electron chi connectivity index (χ1n) is 4.27. The third-order valence-corrected chi connectivity index (χ3v) is 2.26. The molecule has 1 aliphatic rings. The molecule has 11 heavy (non-hydrogen) atoms. The molecule has 62 valence electrons. The van der Waals surface area contributed by atoms with E-state index in [0.717, 1.165) is 6.42 Å². The summed E-state index contributed by atoms with van der Waals surface area (Å²) in [5, 5.41) is 9.40. The van der Waals surface area contributed by atoms with Gasteiger partial charge in [0.1, 0.15) is 0 Å². The van der Waals surface area contributed by atoms with E-state index >= 15 is 0 Å². The Hall–Kier alpha value is -0.720. The molecule has 1 unspecified atom stereocenters. The first-order valence-corrected chi connectivity index (χ1v) is 4.27. The lowest BCUT2D eigenvalue weighted by molar-refractivity contribution is 0.301. The summed E-state index contributed by atoms with van der Waals surface area (Å²) < 4.78 is 0. The minimum Gasteiger partial charge on any atom is -0.512 e. The zero-order valence-corrected chi connectivity index (χ0v) is 7.25. The van der Waals surface area contributed by atoms with Crippen LogP contribution in [0.1, 0.15) is 26.7 Å². The fraction of sp³-hybridized carbons (Fsp3) is 0.600. The van der Waals surface area contributed by atoms with Crippen LogP contribution in [0.2, 0.25) is 0 Å². The molecular weight excluding hydrogens is 136 g/mol. The molecule has 0 aromatic rings. The van der Waals surface area contributed by atoms with Gasteiger partial charge in [0.25, 0.3) is 0 Å². The van der Waals surface area contributed by atoms with Crippen molar-refractivity contribution in [1.82, 2.24) is 0 Å². The van der Waals surface area contributed by atoms with Crippen LogP contribution in [0.25, 0.3) is 0 Å². The third kappa shape index (κ3) is 2.11. The van der Waals surface area contributed by atoms with E-state index in [1.165, 1.54) is 6.42 Å². The molecule has 1 N–H and O–H groups in total. The van der Waals surface area contributed by atoms with Crippen LogP contribution >= 0.6 is 0 Å². The van der Waals surface area contributed by atoms with Gasteiger partial charge in [0, 0.05) is 5.92 Å². The van der Waals surface area contributed by atoms with Crippen LogP contribution in [-0.4, -0.2) is 5.11 Å². The van der Waals surface area contributed by atoms with Crippen molar-refractivity contribution in [3.05, 3.63) is 24.0 Å². The summed E-state index contributed by atoms with van der Waals surface area (Å²) in [6, 6.07) is 0. The van der Waals surface area contributed by atoms with E-state index in [2.05, 4.69) is 13.0 Å². The van der Waals surface area contributed by atoms with Gasteiger partial charge in [0.15, 0.2) is 0 Å². The Kier molecular flexibility index (Phi) is 2.75. The molecule has 0 radical (unpaired) electrons. The van der Waals surface area contributed by atoms with E-state index in [4.69, 9.17) is 0 Å². The summed E-state index contributed by atoms with van der Waals surface area (Å²) >= 11 is 0. The van der Waals surface area contributed by atoms with Crippen molar-refractivity contribution in [2.75, 3.05) is 0 Å². The maximum Gasteiger partial charge on any atom is 0.0916 e. The number of hydrogen-bond acceptors (Lipinski definition) is 1. The quantitative estimate of drug-likeness (QED) is 0.572. The van der Waals surface area contributed by atoms with Gasteiger partial charge in [0.2, 0.25) is 0 Å². The van der Waals surface area contributed by atoms with E-state index in [9.17, 15) is 5.11 Å². The molecule has 0 bridgehead atoms. The molecular formula is C10H16O. The van der Waals surface area contributed by atoms with Crippen LogP contribution < -0.4 is 0 Å². The van der Waals surface area contributed by atoms with Gasteiger partial charge in [-0.3, -0.25) is 0 Å².